The third kappa shape index (κ3) is 9.17. The first kappa shape index (κ1) is 37.6. The number of hydrogen-bond donors (Lipinski definition) is 2. The van der Waals surface area contributed by atoms with E-state index < -0.39 is 13.6 Å². The van der Waals surface area contributed by atoms with E-state index in [1.165, 1.54) is 23.9 Å². The van der Waals surface area contributed by atoms with Gasteiger partial charge >= 0.3 is 0 Å². The lowest BCUT2D eigenvalue weighted by Crippen LogP contribution is -2.50. The third-order valence-corrected chi connectivity index (χ3v) is 16.7. The highest BCUT2D eigenvalue weighted by Gasteiger charge is 2.47. The molecule has 0 saturated carbocycles. The Kier molecular flexibility index (Phi) is 12.6. The molecule has 6 nitrogen and oxygen atoms in total. The quantitative estimate of drug-likeness (QED) is 0.0596. The molecule has 51 heavy (non-hydrogen) atoms. The highest BCUT2D eigenvalue weighted by Crippen LogP contribution is 2.49. The summed E-state index contributed by atoms with van der Waals surface area (Å²) in [4.78, 5) is 14.7. The minimum Gasteiger partial charge on any atom is -0.543 e. The Hall–Kier alpha value is -4.66. The second kappa shape index (κ2) is 17.0. The van der Waals surface area contributed by atoms with E-state index in [0.29, 0.717) is 45.2 Å². The summed E-state index contributed by atoms with van der Waals surface area (Å²) in [6.07, 6.45) is 0. The molecular weight excluding hydrogens is 673 g/mol. The molecule has 0 aromatic heterocycles. The van der Waals surface area contributed by atoms with Crippen molar-refractivity contribution in [2.24, 2.45) is 0 Å². The van der Waals surface area contributed by atoms with Crippen LogP contribution in [0.25, 0.3) is 0 Å². The maximum Gasteiger partial charge on any atom is 0.258 e. The van der Waals surface area contributed by atoms with Crippen LogP contribution in [0.5, 0.6) is 28.7 Å². The zero-order valence-corrected chi connectivity index (χ0v) is 32.0. The predicted octanol–water partition coefficient (Wildman–Crippen LogP) is 11.5. The molecular formula is C43H48O6SSi. The third-order valence-electron chi connectivity index (χ3n) is 9.30. The fourth-order valence-corrected chi connectivity index (χ4v) is 13.2. The number of ether oxygens (including phenoxy) is 2. The van der Waals surface area contributed by atoms with Crippen molar-refractivity contribution in [2.75, 3.05) is 0 Å². The minimum atomic E-state index is -2.20. The highest BCUT2D eigenvalue weighted by molar-refractivity contribution is 8.00. The number of phenolic OH excluding ortho intramolecular Hbond substituents is 2. The topological polar surface area (TPSA) is 85.2 Å². The summed E-state index contributed by atoms with van der Waals surface area (Å²) < 4.78 is 19.4. The van der Waals surface area contributed by atoms with Gasteiger partial charge in [-0.05, 0) is 69.7 Å². The molecule has 2 N–H and O–H groups in total. The second-order valence-corrected chi connectivity index (χ2v) is 20.2. The Morgan fingerprint density at radius 2 is 1.18 bits per heavy atom. The molecule has 5 aromatic rings. The van der Waals surface area contributed by atoms with Crippen molar-refractivity contribution in [2.45, 2.75) is 81.5 Å². The molecule has 5 aromatic carbocycles. The van der Waals surface area contributed by atoms with Crippen LogP contribution in [0, 0.1) is 0 Å². The zero-order valence-electron chi connectivity index (χ0n) is 30.2. The summed E-state index contributed by atoms with van der Waals surface area (Å²) in [6, 6.07) is 36.9. The van der Waals surface area contributed by atoms with Crippen molar-refractivity contribution in [3.63, 3.8) is 0 Å². The van der Waals surface area contributed by atoms with Crippen molar-refractivity contribution in [1.82, 2.24) is 0 Å². The average Bonchev–Trinajstić information content (AvgIpc) is 3.12. The van der Waals surface area contributed by atoms with E-state index in [1.807, 2.05) is 84.9 Å². The number of phenols is 2. The molecule has 0 bridgehead atoms. The van der Waals surface area contributed by atoms with Crippen LogP contribution >= 0.6 is 11.8 Å². The largest absolute Gasteiger partial charge is 0.543 e. The van der Waals surface area contributed by atoms with E-state index >= 15 is 0 Å². The van der Waals surface area contributed by atoms with Gasteiger partial charge in [0.25, 0.3) is 8.32 Å². The lowest BCUT2D eigenvalue weighted by molar-refractivity contribution is 0.0989. The standard InChI is InChI=1S/C43H48O6SSi/c1-29(2)51(30(3)4,31(5)6)49-37-23-19-35(20-24-37)42(41(46)34-17-21-36(44)22-18-34)50-43-39(45)25-38(47-27-32-13-9-7-10-14-32)26-40(43)48-28-33-15-11-8-12-16-33/h7-26,29-31,42,44-45H,27-28H2,1-6H3. The SMILES string of the molecule is CC(C)[Si](Oc1ccc(C(Sc2c(O)cc(OCc3ccccc3)cc2OCc2ccccc2)C(=O)c2ccc(O)cc2)cc1)(C(C)C)C(C)C. The number of aromatic hydroxyl groups is 2. The molecule has 0 fully saturated rings. The summed E-state index contributed by atoms with van der Waals surface area (Å²) >= 11 is 1.22. The first-order chi connectivity index (χ1) is 24.5. The van der Waals surface area contributed by atoms with Crippen LogP contribution in [0.1, 0.15) is 73.8 Å². The summed E-state index contributed by atoms with van der Waals surface area (Å²) in [7, 11) is -2.20. The van der Waals surface area contributed by atoms with Crippen molar-refractivity contribution in [1.29, 1.82) is 0 Å². The Labute approximate surface area is 307 Å². The second-order valence-electron chi connectivity index (χ2n) is 13.7. The Morgan fingerprint density at radius 3 is 1.71 bits per heavy atom. The van der Waals surface area contributed by atoms with Crippen LogP contribution in [-0.2, 0) is 13.2 Å². The highest BCUT2D eigenvalue weighted by atomic mass is 32.2. The molecule has 0 aliphatic heterocycles. The molecule has 0 amide bonds. The summed E-state index contributed by atoms with van der Waals surface area (Å²) in [6.45, 7) is 14.1. The van der Waals surface area contributed by atoms with E-state index in [-0.39, 0.29) is 23.9 Å². The van der Waals surface area contributed by atoms with Gasteiger partial charge in [-0.25, -0.2) is 0 Å². The van der Waals surface area contributed by atoms with Crippen molar-refractivity contribution in [3.8, 4) is 28.7 Å². The number of Topliss-reactive ketones (excluding diaryl/α,β-unsaturated/α-hetero) is 1. The Bertz CT molecular complexity index is 1840. The molecule has 8 heteroatoms. The van der Waals surface area contributed by atoms with Gasteiger partial charge in [-0.2, -0.15) is 0 Å². The number of benzene rings is 5. The van der Waals surface area contributed by atoms with Crippen molar-refractivity contribution >= 4 is 25.9 Å². The molecule has 0 aliphatic rings. The first-order valence-electron chi connectivity index (χ1n) is 17.5. The zero-order chi connectivity index (χ0) is 36.5. The Balaban J connectivity index is 1.52. The normalized spacial score (nSPS) is 12.3. The van der Waals surface area contributed by atoms with E-state index in [1.54, 1.807) is 24.3 Å². The average molecular weight is 721 g/mol. The van der Waals surface area contributed by atoms with Gasteiger partial charge in [-0.1, -0.05) is 114 Å². The molecule has 1 unspecified atom stereocenters. The molecule has 0 saturated heterocycles. The fourth-order valence-electron chi connectivity index (χ4n) is 6.78. The van der Waals surface area contributed by atoms with Gasteiger partial charge in [-0.3, -0.25) is 4.79 Å². The number of carbonyl (C=O) groups is 1. The van der Waals surface area contributed by atoms with Crippen LogP contribution in [0.4, 0.5) is 0 Å². The monoisotopic (exact) mass is 720 g/mol. The molecule has 1 atom stereocenters. The number of rotatable bonds is 16. The summed E-state index contributed by atoms with van der Waals surface area (Å²) in [5.74, 6) is 1.47. The predicted molar refractivity (Wildman–Crippen MR) is 209 cm³/mol. The van der Waals surface area contributed by atoms with E-state index in [2.05, 4.69) is 41.5 Å². The van der Waals surface area contributed by atoms with Gasteiger partial charge in [0.1, 0.15) is 42.0 Å². The number of hydrogen-bond acceptors (Lipinski definition) is 7. The summed E-state index contributed by atoms with van der Waals surface area (Å²) in [5, 5.41) is 20.7. The van der Waals surface area contributed by atoms with Gasteiger partial charge in [0.2, 0.25) is 0 Å². The molecule has 0 aliphatic carbocycles. The van der Waals surface area contributed by atoms with Crippen LogP contribution in [0.3, 0.4) is 0 Å². The van der Waals surface area contributed by atoms with E-state index in [4.69, 9.17) is 13.9 Å². The first-order valence-corrected chi connectivity index (χ1v) is 20.5. The number of carbonyl (C=O) groups excluding carboxylic acids is 1. The van der Waals surface area contributed by atoms with Crippen LogP contribution in [-0.4, -0.2) is 24.3 Å². The smallest absolute Gasteiger partial charge is 0.258 e. The van der Waals surface area contributed by atoms with Crippen molar-refractivity contribution in [3.05, 3.63) is 144 Å². The van der Waals surface area contributed by atoms with Gasteiger partial charge < -0.3 is 24.1 Å². The molecule has 266 valence electrons. The van der Waals surface area contributed by atoms with E-state index in [0.717, 1.165) is 22.4 Å². The summed E-state index contributed by atoms with van der Waals surface area (Å²) in [5.41, 5.74) is 4.36. The van der Waals surface area contributed by atoms with Crippen LogP contribution in [0.2, 0.25) is 16.6 Å². The lowest BCUT2D eigenvalue weighted by Gasteiger charge is -2.42. The van der Waals surface area contributed by atoms with Crippen LogP contribution < -0.4 is 13.9 Å². The lowest BCUT2D eigenvalue weighted by atomic mass is 10.0. The van der Waals surface area contributed by atoms with Gasteiger partial charge in [0.05, 0.1) is 10.1 Å². The van der Waals surface area contributed by atoms with E-state index in [9.17, 15) is 15.0 Å². The van der Waals surface area contributed by atoms with Gasteiger partial charge in [-0.15, -0.1) is 11.8 Å². The van der Waals surface area contributed by atoms with Crippen molar-refractivity contribution < 1.29 is 28.9 Å². The minimum absolute atomic E-state index is 0.0568. The number of ketones is 1. The number of thioether (sulfide) groups is 1. The molecule has 0 radical (unpaired) electrons. The molecule has 0 spiro atoms. The van der Waals surface area contributed by atoms with Crippen LogP contribution in [0.15, 0.2) is 126 Å². The maximum atomic E-state index is 14.3. The fraction of sp³-hybridized carbons (Fsp3) is 0.279. The van der Waals surface area contributed by atoms with Gasteiger partial charge in [0.15, 0.2) is 5.78 Å². The molecule has 5 rings (SSSR count). The maximum absolute atomic E-state index is 14.3. The van der Waals surface area contributed by atoms with Gasteiger partial charge in [0, 0.05) is 17.7 Å². The Morgan fingerprint density at radius 1 is 0.647 bits per heavy atom. The molecule has 0 heterocycles.